The molecule has 0 spiro atoms. The third kappa shape index (κ3) is 3.92. The van der Waals surface area contributed by atoms with E-state index in [9.17, 15) is 9.90 Å². The van der Waals surface area contributed by atoms with Gasteiger partial charge in [0.05, 0.1) is 37.4 Å². The molecule has 0 unspecified atom stereocenters. The van der Waals surface area contributed by atoms with Gasteiger partial charge in [-0.3, -0.25) is 4.79 Å². The number of H-pyrrole nitrogens is 1. The zero-order valence-corrected chi connectivity index (χ0v) is 17.3. The maximum absolute atomic E-state index is 13.5. The molecule has 1 saturated heterocycles. The lowest BCUT2D eigenvalue weighted by Gasteiger charge is -2.33. The second-order valence-corrected chi connectivity index (χ2v) is 8.14. The highest BCUT2D eigenvalue weighted by molar-refractivity contribution is 6.13. The SMILES string of the molecule is O=C(C[NH+]1CCN(c2ccc(O)cc2)CC1)c1c(-c2ccccc2)[nH]c2ccccc12. The van der Waals surface area contributed by atoms with E-state index >= 15 is 0 Å². The summed E-state index contributed by atoms with van der Waals surface area (Å²) < 4.78 is 0. The molecule has 156 valence electrons. The van der Waals surface area contributed by atoms with E-state index < -0.39 is 0 Å². The fourth-order valence-corrected chi connectivity index (χ4v) is 4.49. The Balaban J connectivity index is 1.35. The number of nitrogens with one attached hydrogen (secondary N) is 2. The average Bonchev–Trinajstić information content (AvgIpc) is 3.21. The van der Waals surface area contributed by atoms with Gasteiger partial charge in [-0.2, -0.15) is 0 Å². The lowest BCUT2D eigenvalue weighted by Crippen LogP contribution is -3.15. The molecule has 2 heterocycles. The second kappa shape index (κ2) is 8.28. The number of fused-ring (bicyclic) bond motifs is 1. The van der Waals surface area contributed by atoms with Gasteiger partial charge in [0.15, 0.2) is 0 Å². The number of phenolic OH excluding ortho intramolecular Hbond substituents is 1. The number of piperazine rings is 1. The number of nitrogens with zero attached hydrogens (tertiary/aromatic N) is 1. The van der Waals surface area contributed by atoms with Gasteiger partial charge in [-0.25, -0.2) is 0 Å². The van der Waals surface area contributed by atoms with E-state index in [2.05, 4.69) is 9.88 Å². The number of rotatable bonds is 5. The quantitative estimate of drug-likeness (QED) is 0.442. The van der Waals surface area contributed by atoms with Gasteiger partial charge < -0.3 is 19.9 Å². The molecule has 1 aliphatic heterocycles. The standard InChI is InChI=1S/C26H25N3O2/c30-21-12-10-20(11-13-21)29-16-14-28(15-17-29)18-24(31)25-22-8-4-5-9-23(22)27-26(25)19-6-2-1-3-7-19/h1-13,27,30H,14-18H2/p+1. The lowest BCUT2D eigenvalue weighted by molar-refractivity contribution is -0.892. The van der Waals surface area contributed by atoms with Gasteiger partial charge in [0.25, 0.3) is 0 Å². The summed E-state index contributed by atoms with van der Waals surface area (Å²) >= 11 is 0. The Labute approximate surface area is 181 Å². The number of aromatic hydroxyl groups is 1. The van der Waals surface area contributed by atoms with Gasteiger partial charge in [0, 0.05) is 16.6 Å². The summed E-state index contributed by atoms with van der Waals surface area (Å²) in [5.41, 5.74) is 4.86. The fourth-order valence-electron chi connectivity index (χ4n) is 4.49. The molecule has 3 aromatic carbocycles. The Morgan fingerprint density at radius 3 is 2.32 bits per heavy atom. The van der Waals surface area contributed by atoms with E-state index in [1.165, 1.54) is 4.90 Å². The van der Waals surface area contributed by atoms with Crippen LogP contribution in [0.5, 0.6) is 5.75 Å². The molecule has 1 fully saturated rings. The zero-order chi connectivity index (χ0) is 21.2. The maximum Gasteiger partial charge on any atom is 0.219 e. The van der Waals surface area contributed by atoms with Crippen LogP contribution in [0.2, 0.25) is 0 Å². The predicted molar refractivity (Wildman–Crippen MR) is 124 cm³/mol. The van der Waals surface area contributed by atoms with Crippen molar-refractivity contribution < 1.29 is 14.8 Å². The van der Waals surface area contributed by atoms with Crippen molar-refractivity contribution in [2.45, 2.75) is 0 Å². The second-order valence-electron chi connectivity index (χ2n) is 8.14. The molecule has 0 radical (unpaired) electrons. The number of Topliss-reactive ketones (excluding diaryl/α,β-unsaturated/α-hetero) is 1. The maximum atomic E-state index is 13.5. The molecule has 31 heavy (non-hydrogen) atoms. The van der Waals surface area contributed by atoms with Crippen LogP contribution in [0.4, 0.5) is 5.69 Å². The van der Waals surface area contributed by atoms with Crippen molar-refractivity contribution in [2.75, 3.05) is 37.6 Å². The number of carbonyl (C=O) groups excluding carboxylic acids is 1. The number of ketones is 1. The van der Waals surface area contributed by atoms with Crippen molar-refractivity contribution in [3.05, 3.63) is 84.4 Å². The van der Waals surface area contributed by atoms with Crippen molar-refractivity contribution >= 4 is 22.4 Å². The molecule has 1 aliphatic rings. The summed E-state index contributed by atoms with van der Waals surface area (Å²) in [6.07, 6.45) is 0. The number of anilines is 1. The van der Waals surface area contributed by atoms with E-state index in [1.807, 2.05) is 66.7 Å². The third-order valence-corrected chi connectivity index (χ3v) is 6.14. The summed E-state index contributed by atoms with van der Waals surface area (Å²) in [6.45, 7) is 4.11. The number of para-hydroxylation sites is 1. The lowest BCUT2D eigenvalue weighted by atomic mass is 10.0. The number of benzene rings is 3. The Morgan fingerprint density at radius 2 is 1.58 bits per heavy atom. The number of aromatic nitrogens is 1. The number of aromatic amines is 1. The molecule has 1 aromatic heterocycles. The van der Waals surface area contributed by atoms with Crippen LogP contribution in [0.1, 0.15) is 10.4 Å². The van der Waals surface area contributed by atoms with Crippen LogP contribution in [0.3, 0.4) is 0 Å². The van der Waals surface area contributed by atoms with Crippen LogP contribution < -0.4 is 9.80 Å². The highest BCUT2D eigenvalue weighted by atomic mass is 16.3. The molecule has 0 bridgehead atoms. The Morgan fingerprint density at radius 1 is 0.903 bits per heavy atom. The van der Waals surface area contributed by atoms with Gasteiger partial charge in [0.1, 0.15) is 12.3 Å². The molecule has 0 atom stereocenters. The largest absolute Gasteiger partial charge is 0.508 e. The van der Waals surface area contributed by atoms with Crippen molar-refractivity contribution in [3.63, 3.8) is 0 Å². The van der Waals surface area contributed by atoms with Crippen molar-refractivity contribution in [1.29, 1.82) is 0 Å². The van der Waals surface area contributed by atoms with Gasteiger partial charge in [-0.05, 0) is 35.9 Å². The van der Waals surface area contributed by atoms with E-state index in [0.717, 1.165) is 59.6 Å². The minimum Gasteiger partial charge on any atom is -0.508 e. The number of carbonyl (C=O) groups is 1. The van der Waals surface area contributed by atoms with Crippen molar-refractivity contribution in [3.8, 4) is 17.0 Å². The van der Waals surface area contributed by atoms with Gasteiger partial charge in [0.2, 0.25) is 5.78 Å². The molecule has 0 amide bonds. The number of quaternary nitrogens is 1. The predicted octanol–water partition coefficient (Wildman–Crippen LogP) is 3.13. The molecule has 5 heteroatoms. The summed E-state index contributed by atoms with van der Waals surface area (Å²) in [5, 5.41) is 10.5. The van der Waals surface area contributed by atoms with Crippen molar-refractivity contribution in [2.24, 2.45) is 0 Å². The smallest absolute Gasteiger partial charge is 0.219 e. The molecular weight excluding hydrogens is 386 g/mol. The van der Waals surface area contributed by atoms with E-state index in [1.54, 1.807) is 12.1 Å². The molecule has 0 aliphatic carbocycles. The molecule has 0 saturated carbocycles. The molecule has 5 nitrogen and oxygen atoms in total. The minimum atomic E-state index is 0.185. The fraction of sp³-hybridized carbons (Fsp3) is 0.192. The van der Waals surface area contributed by atoms with Crippen LogP contribution in [0.25, 0.3) is 22.2 Å². The van der Waals surface area contributed by atoms with Crippen LogP contribution in [-0.4, -0.2) is 48.6 Å². The van der Waals surface area contributed by atoms with Crippen LogP contribution in [-0.2, 0) is 0 Å². The summed E-state index contributed by atoms with van der Waals surface area (Å²) in [5.74, 6) is 0.468. The normalized spacial score (nSPS) is 14.8. The molecular formula is C26H26N3O2+. The van der Waals surface area contributed by atoms with Gasteiger partial charge in [-0.15, -0.1) is 0 Å². The highest BCUT2D eigenvalue weighted by Crippen LogP contribution is 2.30. The minimum absolute atomic E-state index is 0.185. The summed E-state index contributed by atoms with van der Waals surface area (Å²) in [6, 6.07) is 25.5. The van der Waals surface area contributed by atoms with Crippen LogP contribution >= 0.6 is 0 Å². The average molecular weight is 413 g/mol. The van der Waals surface area contributed by atoms with Crippen LogP contribution in [0, 0.1) is 0 Å². The molecule has 5 rings (SSSR count). The topological polar surface area (TPSA) is 60.8 Å². The van der Waals surface area contributed by atoms with Crippen LogP contribution in [0.15, 0.2) is 78.9 Å². The van der Waals surface area contributed by atoms with Crippen molar-refractivity contribution in [1.82, 2.24) is 4.98 Å². The number of hydrogen-bond donors (Lipinski definition) is 3. The van der Waals surface area contributed by atoms with E-state index in [0.29, 0.717) is 6.54 Å². The molecule has 3 N–H and O–H groups in total. The first kappa shape index (κ1) is 19.4. The highest BCUT2D eigenvalue weighted by Gasteiger charge is 2.26. The third-order valence-electron chi connectivity index (χ3n) is 6.14. The van der Waals surface area contributed by atoms with E-state index in [4.69, 9.17) is 0 Å². The first-order valence-electron chi connectivity index (χ1n) is 10.8. The monoisotopic (exact) mass is 412 g/mol. The summed E-state index contributed by atoms with van der Waals surface area (Å²) in [4.78, 5) is 20.6. The summed E-state index contributed by atoms with van der Waals surface area (Å²) in [7, 11) is 0. The Hall–Kier alpha value is -3.57. The van der Waals surface area contributed by atoms with Gasteiger partial charge in [-0.1, -0.05) is 48.5 Å². The van der Waals surface area contributed by atoms with E-state index in [-0.39, 0.29) is 11.5 Å². The Bertz CT molecular complexity index is 1190. The Kier molecular flexibility index (Phi) is 5.18. The van der Waals surface area contributed by atoms with Gasteiger partial charge >= 0.3 is 0 Å². The zero-order valence-electron chi connectivity index (χ0n) is 17.3. The number of phenols is 1. The first-order chi connectivity index (χ1) is 15.2. The first-order valence-corrected chi connectivity index (χ1v) is 10.8. The molecule has 4 aromatic rings. The number of hydrogen-bond acceptors (Lipinski definition) is 3.